The summed E-state index contributed by atoms with van der Waals surface area (Å²) in [5, 5.41) is 5.22. The van der Waals surface area contributed by atoms with Crippen LogP contribution in [0.4, 0.5) is 9.59 Å². The summed E-state index contributed by atoms with van der Waals surface area (Å²) in [5.41, 5.74) is 0. The van der Waals surface area contributed by atoms with Gasteiger partial charge in [0.25, 0.3) is 5.24 Å². The number of carbonyl (C=O) groups excluding carboxylic acids is 3. The Bertz CT molecular complexity index is 369. The molecule has 0 bridgehead atoms. The van der Waals surface area contributed by atoms with Crippen molar-refractivity contribution in [2.45, 2.75) is 12.8 Å². The molecule has 2 saturated heterocycles. The van der Waals surface area contributed by atoms with Crippen molar-refractivity contribution in [1.29, 1.82) is 0 Å². The highest BCUT2D eigenvalue weighted by Crippen LogP contribution is 2.17. The molecule has 0 aromatic rings. The molecule has 112 valence electrons. The van der Waals surface area contributed by atoms with Crippen LogP contribution in [-0.4, -0.2) is 60.7 Å². The van der Waals surface area contributed by atoms with E-state index in [1.165, 1.54) is 4.90 Å². The lowest BCUT2D eigenvalue weighted by Gasteiger charge is -2.22. The Morgan fingerprint density at radius 3 is 2.70 bits per heavy atom. The third kappa shape index (κ3) is 4.38. The number of hydrogen-bond donors (Lipinski definition) is 2. The molecule has 0 saturated carbocycles. The van der Waals surface area contributed by atoms with E-state index in [0.717, 1.165) is 37.8 Å². The van der Waals surface area contributed by atoms with E-state index in [-0.39, 0.29) is 36.0 Å². The summed E-state index contributed by atoms with van der Waals surface area (Å²) in [5.74, 6) is 0.478. The lowest BCUT2D eigenvalue weighted by Crippen LogP contribution is -2.43. The van der Waals surface area contributed by atoms with Gasteiger partial charge < -0.3 is 15.4 Å². The molecule has 20 heavy (non-hydrogen) atoms. The predicted octanol–water partition coefficient (Wildman–Crippen LogP) is 0.408. The SMILES string of the molecule is O=C(NCCN1C(=O)CSC1=O)NCC1CCOCC1. The van der Waals surface area contributed by atoms with Crippen LogP contribution in [0.5, 0.6) is 0 Å². The Hall–Kier alpha value is -1.28. The van der Waals surface area contributed by atoms with Crippen LogP contribution >= 0.6 is 11.8 Å². The van der Waals surface area contributed by atoms with E-state index in [0.29, 0.717) is 12.5 Å². The van der Waals surface area contributed by atoms with E-state index in [1.807, 2.05) is 0 Å². The summed E-state index contributed by atoms with van der Waals surface area (Å²) in [4.78, 5) is 35.4. The molecule has 2 rings (SSSR count). The van der Waals surface area contributed by atoms with Gasteiger partial charge in [-0.25, -0.2) is 4.79 Å². The lowest BCUT2D eigenvalue weighted by atomic mass is 10.0. The second-order valence-electron chi connectivity index (χ2n) is 4.79. The number of urea groups is 1. The van der Waals surface area contributed by atoms with Crippen LogP contribution < -0.4 is 10.6 Å². The molecule has 4 amide bonds. The van der Waals surface area contributed by atoms with Crippen LogP contribution in [0.3, 0.4) is 0 Å². The molecule has 0 aromatic carbocycles. The van der Waals surface area contributed by atoms with Gasteiger partial charge in [-0.1, -0.05) is 11.8 Å². The van der Waals surface area contributed by atoms with Crippen LogP contribution in [0.15, 0.2) is 0 Å². The number of nitrogens with zero attached hydrogens (tertiary/aromatic N) is 1. The molecule has 0 radical (unpaired) electrons. The fourth-order valence-corrected chi connectivity index (χ4v) is 2.88. The first-order valence-electron chi connectivity index (χ1n) is 6.73. The zero-order valence-electron chi connectivity index (χ0n) is 11.2. The van der Waals surface area contributed by atoms with Gasteiger partial charge >= 0.3 is 6.03 Å². The van der Waals surface area contributed by atoms with Gasteiger partial charge in [-0.15, -0.1) is 0 Å². The van der Waals surface area contributed by atoms with E-state index >= 15 is 0 Å². The first kappa shape index (κ1) is 15.1. The van der Waals surface area contributed by atoms with Crippen molar-refractivity contribution in [3.63, 3.8) is 0 Å². The molecule has 0 aromatic heterocycles. The molecule has 2 aliphatic heterocycles. The molecule has 0 atom stereocenters. The molecular weight excluding hydrogens is 282 g/mol. The maximum atomic E-state index is 11.6. The number of carbonyl (C=O) groups is 3. The van der Waals surface area contributed by atoms with Gasteiger partial charge in [-0.3, -0.25) is 14.5 Å². The Morgan fingerprint density at radius 2 is 2.05 bits per heavy atom. The summed E-state index contributed by atoms with van der Waals surface area (Å²) in [6, 6.07) is -0.261. The topological polar surface area (TPSA) is 87.7 Å². The highest BCUT2D eigenvalue weighted by Gasteiger charge is 2.29. The third-order valence-electron chi connectivity index (χ3n) is 3.35. The normalized spacial score (nSPS) is 20.3. The zero-order valence-corrected chi connectivity index (χ0v) is 12.0. The number of rotatable bonds is 5. The van der Waals surface area contributed by atoms with Crippen molar-refractivity contribution in [3.8, 4) is 0 Å². The standard InChI is InChI=1S/C12H19N3O4S/c16-10-8-20-12(18)15(10)4-3-13-11(17)14-7-9-1-5-19-6-2-9/h9H,1-8H2,(H2,13,14,17). The maximum absolute atomic E-state index is 11.6. The number of amides is 4. The minimum Gasteiger partial charge on any atom is -0.381 e. The van der Waals surface area contributed by atoms with E-state index in [9.17, 15) is 14.4 Å². The van der Waals surface area contributed by atoms with Crippen molar-refractivity contribution in [2.75, 3.05) is 38.6 Å². The summed E-state index contributed by atoms with van der Waals surface area (Å²) in [6.45, 7) is 2.65. The highest BCUT2D eigenvalue weighted by atomic mass is 32.2. The van der Waals surface area contributed by atoms with Gasteiger partial charge in [0.1, 0.15) is 0 Å². The van der Waals surface area contributed by atoms with Crippen molar-refractivity contribution < 1.29 is 19.1 Å². The van der Waals surface area contributed by atoms with Crippen LogP contribution in [0, 0.1) is 5.92 Å². The number of hydrogen-bond acceptors (Lipinski definition) is 5. The minimum atomic E-state index is -0.261. The summed E-state index contributed by atoms with van der Waals surface area (Å²) >= 11 is 0.999. The Labute approximate surface area is 121 Å². The molecule has 2 fully saturated rings. The molecule has 0 unspecified atom stereocenters. The molecular formula is C12H19N3O4S. The molecule has 2 N–H and O–H groups in total. The number of thioether (sulfide) groups is 1. The van der Waals surface area contributed by atoms with Crippen LogP contribution in [0.2, 0.25) is 0 Å². The average Bonchev–Trinajstić information content (AvgIpc) is 2.78. The van der Waals surface area contributed by atoms with Gasteiger partial charge in [-0.05, 0) is 18.8 Å². The number of ether oxygens (including phenoxy) is 1. The Balaban J connectivity index is 1.58. The van der Waals surface area contributed by atoms with Gasteiger partial charge in [0.2, 0.25) is 5.91 Å². The number of nitrogens with one attached hydrogen (secondary N) is 2. The Morgan fingerprint density at radius 1 is 1.30 bits per heavy atom. The summed E-state index contributed by atoms with van der Waals surface area (Å²) < 4.78 is 5.25. The van der Waals surface area contributed by atoms with Gasteiger partial charge in [-0.2, -0.15) is 0 Å². The molecule has 0 spiro atoms. The van der Waals surface area contributed by atoms with Gasteiger partial charge in [0.05, 0.1) is 5.75 Å². The van der Waals surface area contributed by atoms with Crippen LogP contribution in [0.1, 0.15) is 12.8 Å². The van der Waals surface area contributed by atoms with E-state index in [2.05, 4.69) is 10.6 Å². The average molecular weight is 301 g/mol. The van der Waals surface area contributed by atoms with Gasteiger partial charge in [0.15, 0.2) is 0 Å². The fourth-order valence-electron chi connectivity index (χ4n) is 2.13. The minimum absolute atomic E-state index is 0.190. The molecule has 8 heteroatoms. The largest absolute Gasteiger partial charge is 0.381 e. The van der Waals surface area contributed by atoms with Gasteiger partial charge in [0, 0.05) is 32.8 Å². The molecule has 2 heterocycles. The fraction of sp³-hybridized carbons (Fsp3) is 0.750. The van der Waals surface area contributed by atoms with Crippen molar-refractivity contribution in [1.82, 2.24) is 15.5 Å². The van der Waals surface area contributed by atoms with Crippen LogP contribution in [0.25, 0.3) is 0 Å². The maximum Gasteiger partial charge on any atom is 0.314 e. The zero-order chi connectivity index (χ0) is 14.4. The van der Waals surface area contributed by atoms with E-state index < -0.39 is 0 Å². The monoisotopic (exact) mass is 301 g/mol. The predicted molar refractivity (Wildman–Crippen MR) is 74.5 cm³/mol. The smallest absolute Gasteiger partial charge is 0.314 e. The Kier molecular flexibility index (Phi) is 5.66. The molecule has 2 aliphatic rings. The first-order valence-corrected chi connectivity index (χ1v) is 7.72. The second-order valence-corrected chi connectivity index (χ2v) is 5.72. The van der Waals surface area contributed by atoms with E-state index in [1.54, 1.807) is 0 Å². The van der Waals surface area contributed by atoms with Crippen molar-refractivity contribution in [3.05, 3.63) is 0 Å². The first-order chi connectivity index (χ1) is 9.66. The van der Waals surface area contributed by atoms with Crippen molar-refractivity contribution in [2.24, 2.45) is 5.92 Å². The summed E-state index contributed by atoms with van der Waals surface area (Å²) in [6.07, 6.45) is 1.93. The van der Waals surface area contributed by atoms with Crippen molar-refractivity contribution >= 4 is 28.9 Å². The quantitative estimate of drug-likeness (QED) is 0.768. The lowest BCUT2D eigenvalue weighted by molar-refractivity contribution is -0.124. The molecule has 0 aliphatic carbocycles. The highest BCUT2D eigenvalue weighted by molar-refractivity contribution is 8.14. The second kappa shape index (κ2) is 7.49. The third-order valence-corrected chi connectivity index (χ3v) is 4.21. The van der Waals surface area contributed by atoms with Crippen LogP contribution in [-0.2, 0) is 9.53 Å². The summed E-state index contributed by atoms with van der Waals surface area (Å²) in [7, 11) is 0. The van der Waals surface area contributed by atoms with E-state index in [4.69, 9.17) is 4.74 Å². The molecule has 7 nitrogen and oxygen atoms in total. The number of imide groups is 1.